The average molecular weight is 276 g/mol. The zero-order chi connectivity index (χ0) is 13.5. The van der Waals surface area contributed by atoms with Gasteiger partial charge in [0, 0.05) is 18.3 Å². The Morgan fingerprint density at radius 1 is 0.895 bits per heavy atom. The summed E-state index contributed by atoms with van der Waals surface area (Å²) in [5.41, 5.74) is 1.37. The van der Waals surface area contributed by atoms with Crippen molar-refractivity contribution in [1.82, 2.24) is 0 Å². The summed E-state index contributed by atoms with van der Waals surface area (Å²) in [5, 5.41) is 17.3. The van der Waals surface area contributed by atoms with Crippen molar-refractivity contribution in [2.75, 3.05) is 6.26 Å². The van der Waals surface area contributed by atoms with Gasteiger partial charge < -0.3 is 9.99 Å². The van der Waals surface area contributed by atoms with E-state index in [2.05, 4.69) is 10.2 Å². The molecule has 2 aromatic carbocycles. The van der Waals surface area contributed by atoms with Crippen molar-refractivity contribution in [2.24, 2.45) is 10.2 Å². The first-order valence-electron chi connectivity index (χ1n) is 5.46. The third-order valence-corrected chi connectivity index (χ3v) is 2.37. The van der Waals surface area contributed by atoms with Crippen LogP contribution in [0.15, 0.2) is 58.8 Å². The summed E-state index contributed by atoms with van der Waals surface area (Å²) < 4.78 is 4.74. The van der Waals surface area contributed by atoms with Crippen molar-refractivity contribution in [3.63, 3.8) is 0 Å². The Kier molecular flexibility index (Phi) is 4.77. The van der Waals surface area contributed by atoms with Gasteiger partial charge in [-0.25, -0.2) is 0 Å². The number of hydrogen-bond acceptors (Lipinski definition) is 6. The summed E-state index contributed by atoms with van der Waals surface area (Å²) in [4.78, 5) is 4.95. The molecule has 2 aromatic rings. The summed E-state index contributed by atoms with van der Waals surface area (Å²) in [7, 11) is 0. The molecule has 0 aliphatic carbocycles. The van der Waals surface area contributed by atoms with Crippen LogP contribution in [0, 0.1) is 0 Å². The standard InChI is InChI=1S/C13H12N2O3S/c1-19-18-17-13-8-4-11(5-9-13)15-14-10-2-6-12(16)7-3-10/h2-9,16H,1H3. The van der Waals surface area contributed by atoms with Crippen LogP contribution in [0.5, 0.6) is 11.5 Å². The number of hydrogen-bond donors (Lipinski definition) is 1. The molecule has 0 aliphatic rings. The van der Waals surface area contributed by atoms with E-state index in [9.17, 15) is 0 Å². The quantitative estimate of drug-likeness (QED) is 0.380. The molecule has 0 spiro atoms. The first-order chi connectivity index (χ1) is 9.28. The highest BCUT2D eigenvalue weighted by Crippen LogP contribution is 2.22. The number of azo groups is 1. The molecule has 0 bridgehead atoms. The third kappa shape index (κ3) is 4.27. The van der Waals surface area contributed by atoms with E-state index in [4.69, 9.17) is 14.3 Å². The van der Waals surface area contributed by atoms with Gasteiger partial charge in [0.25, 0.3) is 0 Å². The van der Waals surface area contributed by atoms with Crippen LogP contribution in [0.3, 0.4) is 0 Å². The maximum atomic E-state index is 9.14. The molecule has 5 nitrogen and oxygen atoms in total. The van der Waals surface area contributed by atoms with Crippen LogP contribution in [0.25, 0.3) is 0 Å². The molecule has 0 fully saturated rings. The van der Waals surface area contributed by atoms with E-state index in [1.54, 1.807) is 54.8 Å². The molecular weight excluding hydrogens is 264 g/mol. The van der Waals surface area contributed by atoms with Gasteiger partial charge in [-0.3, -0.25) is 0 Å². The highest BCUT2D eigenvalue weighted by Gasteiger charge is 1.96. The number of phenols is 1. The van der Waals surface area contributed by atoms with Crippen molar-refractivity contribution < 1.29 is 14.3 Å². The lowest BCUT2D eigenvalue weighted by atomic mass is 10.3. The fourth-order valence-corrected chi connectivity index (χ4v) is 1.42. The van der Waals surface area contributed by atoms with Crippen molar-refractivity contribution in [3.8, 4) is 11.5 Å². The lowest BCUT2D eigenvalue weighted by Crippen LogP contribution is -1.86. The van der Waals surface area contributed by atoms with E-state index in [0.29, 0.717) is 17.1 Å². The van der Waals surface area contributed by atoms with Crippen molar-refractivity contribution in [1.29, 1.82) is 0 Å². The maximum absolute atomic E-state index is 9.14. The predicted molar refractivity (Wildman–Crippen MR) is 74.0 cm³/mol. The zero-order valence-electron chi connectivity index (χ0n) is 10.2. The molecule has 0 atom stereocenters. The van der Waals surface area contributed by atoms with E-state index >= 15 is 0 Å². The average Bonchev–Trinajstić information content (AvgIpc) is 2.46. The van der Waals surface area contributed by atoms with E-state index in [-0.39, 0.29) is 5.75 Å². The monoisotopic (exact) mass is 276 g/mol. The van der Waals surface area contributed by atoms with Gasteiger partial charge in [-0.05, 0) is 48.5 Å². The highest BCUT2D eigenvalue weighted by molar-refractivity contribution is 7.93. The fourth-order valence-electron chi connectivity index (χ4n) is 1.28. The molecular formula is C13H12N2O3S. The molecule has 0 amide bonds. The maximum Gasteiger partial charge on any atom is 0.166 e. The minimum Gasteiger partial charge on any atom is -0.508 e. The summed E-state index contributed by atoms with van der Waals surface area (Å²) >= 11 is 1.12. The SMILES string of the molecule is CSOOc1ccc(N=Nc2ccc(O)cc2)cc1. The van der Waals surface area contributed by atoms with Gasteiger partial charge in [-0.1, -0.05) is 0 Å². The normalized spacial score (nSPS) is 10.8. The van der Waals surface area contributed by atoms with Crippen LogP contribution < -0.4 is 4.89 Å². The Morgan fingerprint density at radius 3 is 1.95 bits per heavy atom. The summed E-state index contributed by atoms with van der Waals surface area (Å²) in [6.07, 6.45) is 1.76. The van der Waals surface area contributed by atoms with E-state index in [1.165, 1.54) is 0 Å². The molecule has 6 heteroatoms. The molecule has 0 aliphatic heterocycles. The van der Waals surface area contributed by atoms with Gasteiger partial charge in [-0.2, -0.15) is 10.2 Å². The molecule has 98 valence electrons. The Balaban J connectivity index is 2.00. The van der Waals surface area contributed by atoms with Crippen molar-refractivity contribution >= 4 is 23.4 Å². The lowest BCUT2D eigenvalue weighted by molar-refractivity contribution is -0.0770. The van der Waals surface area contributed by atoms with Crippen LogP contribution in [-0.2, 0) is 4.33 Å². The second-order valence-electron chi connectivity index (χ2n) is 3.53. The topological polar surface area (TPSA) is 63.4 Å². The summed E-state index contributed by atoms with van der Waals surface area (Å²) in [6, 6.07) is 13.5. The zero-order valence-corrected chi connectivity index (χ0v) is 11.0. The Bertz CT molecular complexity index is 541. The van der Waals surface area contributed by atoms with E-state index in [1.807, 2.05) is 0 Å². The van der Waals surface area contributed by atoms with Crippen LogP contribution >= 0.6 is 12.0 Å². The van der Waals surface area contributed by atoms with Crippen molar-refractivity contribution in [2.45, 2.75) is 0 Å². The highest BCUT2D eigenvalue weighted by atomic mass is 32.2. The third-order valence-electron chi connectivity index (χ3n) is 2.17. The number of rotatable bonds is 5. The predicted octanol–water partition coefficient (Wildman–Crippen LogP) is 4.40. The molecule has 0 heterocycles. The minimum absolute atomic E-state index is 0.203. The Hall–Kier alpha value is -2.05. The smallest absolute Gasteiger partial charge is 0.166 e. The number of aromatic hydroxyl groups is 1. The van der Waals surface area contributed by atoms with Gasteiger partial charge in [-0.15, -0.1) is 4.33 Å². The molecule has 19 heavy (non-hydrogen) atoms. The molecule has 2 rings (SSSR count). The van der Waals surface area contributed by atoms with Gasteiger partial charge in [0.2, 0.25) is 0 Å². The van der Waals surface area contributed by atoms with Gasteiger partial charge in [0.05, 0.1) is 11.4 Å². The first-order valence-corrected chi connectivity index (χ1v) is 6.61. The summed E-state index contributed by atoms with van der Waals surface area (Å²) in [6.45, 7) is 0. The number of nitrogens with zero attached hydrogens (tertiary/aromatic N) is 2. The number of phenolic OH excluding ortho intramolecular Hbond substituents is 1. The molecule has 0 unspecified atom stereocenters. The van der Waals surface area contributed by atoms with Gasteiger partial charge in [0.1, 0.15) is 5.75 Å². The number of benzene rings is 2. The molecule has 0 radical (unpaired) electrons. The second-order valence-corrected chi connectivity index (χ2v) is 4.00. The van der Waals surface area contributed by atoms with Crippen LogP contribution in [0.4, 0.5) is 11.4 Å². The molecule has 1 N–H and O–H groups in total. The largest absolute Gasteiger partial charge is 0.508 e. The van der Waals surface area contributed by atoms with E-state index < -0.39 is 0 Å². The Morgan fingerprint density at radius 2 is 1.42 bits per heavy atom. The van der Waals surface area contributed by atoms with Crippen LogP contribution in [-0.4, -0.2) is 11.4 Å². The van der Waals surface area contributed by atoms with Gasteiger partial charge >= 0.3 is 0 Å². The summed E-state index contributed by atoms with van der Waals surface area (Å²) in [5.74, 6) is 0.798. The van der Waals surface area contributed by atoms with Gasteiger partial charge in [0.15, 0.2) is 5.75 Å². The van der Waals surface area contributed by atoms with Crippen LogP contribution in [0.2, 0.25) is 0 Å². The van der Waals surface area contributed by atoms with Crippen LogP contribution in [0.1, 0.15) is 0 Å². The minimum atomic E-state index is 0.203. The lowest BCUT2D eigenvalue weighted by Gasteiger charge is -2.00. The molecule has 0 saturated heterocycles. The van der Waals surface area contributed by atoms with Crippen molar-refractivity contribution in [3.05, 3.63) is 48.5 Å². The first kappa shape index (κ1) is 13.4. The van der Waals surface area contributed by atoms with E-state index in [0.717, 1.165) is 12.0 Å². The molecule has 0 saturated carbocycles. The fraction of sp³-hybridized carbons (Fsp3) is 0.0769. The second kappa shape index (κ2) is 6.77. The molecule has 0 aromatic heterocycles. The Labute approximate surface area is 115 Å².